The van der Waals surface area contributed by atoms with Crippen molar-refractivity contribution in [3.8, 4) is 5.75 Å². The first-order valence-electron chi connectivity index (χ1n) is 6.82. The number of hydrogen-bond acceptors (Lipinski definition) is 3. The lowest BCUT2D eigenvalue weighted by Gasteiger charge is -2.20. The number of anilines is 1. The molecular formula is C16H16BrClN2O2. The van der Waals surface area contributed by atoms with Crippen LogP contribution in [-0.2, 0) is 4.79 Å². The number of aryl methyl sites for hydroxylation is 1. The van der Waals surface area contributed by atoms with E-state index in [9.17, 15) is 4.79 Å². The molecule has 0 N–H and O–H groups in total. The Bertz CT molecular complexity index is 662. The van der Waals surface area contributed by atoms with E-state index in [2.05, 4.69) is 20.9 Å². The van der Waals surface area contributed by atoms with E-state index in [1.807, 2.05) is 26.0 Å². The Morgan fingerprint density at radius 1 is 1.36 bits per heavy atom. The summed E-state index contributed by atoms with van der Waals surface area (Å²) in [4.78, 5) is 18.1. The van der Waals surface area contributed by atoms with Crippen LogP contribution in [-0.4, -0.2) is 24.0 Å². The second-order valence-electron chi connectivity index (χ2n) is 4.67. The van der Waals surface area contributed by atoms with Gasteiger partial charge in [-0.2, -0.15) is 0 Å². The third-order valence-corrected chi connectivity index (χ3v) is 3.99. The van der Waals surface area contributed by atoms with Crippen molar-refractivity contribution in [3.05, 3.63) is 51.6 Å². The molecule has 1 aromatic carbocycles. The molecule has 22 heavy (non-hydrogen) atoms. The van der Waals surface area contributed by atoms with Crippen LogP contribution < -0.4 is 9.64 Å². The maximum Gasteiger partial charge on any atom is 0.266 e. The number of hydrogen-bond donors (Lipinski definition) is 0. The Morgan fingerprint density at radius 2 is 2.14 bits per heavy atom. The van der Waals surface area contributed by atoms with Crippen LogP contribution in [0.5, 0.6) is 5.75 Å². The maximum atomic E-state index is 12.3. The van der Waals surface area contributed by atoms with Gasteiger partial charge in [-0.3, -0.25) is 9.69 Å². The van der Waals surface area contributed by atoms with Crippen LogP contribution in [0.3, 0.4) is 0 Å². The maximum absolute atomic E-state index is 12.3. The van der Waals surface area contributed by atoms with E-state index in [1.54, 1.807) is 29.3 Å². The molecule has 6 heteroatoms. The zero-order valence-electron chi connectivity index (χ0n) is 12.3. The number of carbonyl (C=O) groups is 1. The number of likely N-dealkylation sites (N-methyl/N-ethyl adjacent to an activating group) is 1. The van der Waals surface area contributed by atoms with E-state index in [4.69, 9.17) is 16.3 Å². The first kappa shape index (κ1) is 16.8. The first-order valence-corrected chi connectivity index (χ1v) is 7.99. The molecule has 0 saturated heterocycles. The third kappa shape index (κ3) is 4.21. The molecule has 116 valence electrons. The fourth-order valence-corrected chi connectivity index (χ4v) is 2.28. The Morgan fingerprint density at radius 3 is 2.73 bits per heavy atom. The molecule has 2 aromatic rings. The van der Waals surface area contributed by atoms with Crippen molar-refractivity contribution in [1.82, 2.24) is 4.98 Å². The molecule has 0 saturated carbocycles. The molecule has 0 radical (unpaired) electrons. The van der Waals surface area contributed by atoms with Gasteiger partial charge in [0.25, 0.3) is 5.91 Å². The lowest BCUT2D eigenvalue weighted by atomic mass is 10.2. The largest absolute Gasteiger partial charge is 0.484 e. The number of nitrogens with zero attached hydrogens (tertiary/aromatic N) is 2. The van der Waals surface area contributed by atoms with Crippen molar-refractivity contribution >= 4 is 39.3 Å². The van der Waals surface area contributed by atoms with Crippen molar-refractivity contribution in [1.29, 1.82) is 0 Å². The average molecular weight is 384 g/mol. The molecule has 0 atom stereocenters. The van der Waals surface area contributed by atoms with Crippen LogP contribution in [0, 0.1) is 6.92 Å². The summed E-state index contributed by atoms with van der Waals surface area (Å²) < 4.78 is 6.41. The molecule has 2 rings (SSSR count). The summed E-state index contributed by atoms with van der Waals surface area (Å²) in [6.07, 6.45) is 1.66. The number of benzene rings is 1. The molecule has 0 unspecified atom stereocenters. The van der Waals surface area contributed by atoms with Gasteiger partial charge in [-0.1, -0.05) is 11.6 Å². The molecule has 0 aliphatic carbocycles. The standard InChI is InChI=1S/C16H16BrClN2O2/c1-3-20(15-7-4-12(17)9-19-15)16(21)10-22-13-5-6-14(18)11(2)8-13/h4-9H,3,10H2,1-2H3. The molecule has 0 bridgehead atoms. The van der Waals surface area contributed by atoms with Crippen molar-refractivity contribution < 1.29 is 9.53 Å². The molecule has 0 aliphatic heterocycles. The summed E-state index contributed by atoms with van der Waals surface area (Å²) in [6.45, 7) is 4.26. The van der Waals surface area contributed by atoms with Crippen LogP contribution in [0.2, 0.25) is 5.02 Å². The highest BCUT2D eigenvalue weighted by Crippen LogP contribution is 2.21. The Hall–Kier alpha value is -1.59. The minimum atomic E-state index is -0.148. The van der Waals surface area contributed by atoms with Gasteiger partial charge in [0.15, 0.2) is 6.61 Å². The van der Waals surface area contributed by atoms with E-state index in [-0.39, 0.29) is 12.5 Å². The minimum absolute atomic E-state index is 0.0490. The van der Waals surface area contributed by atoms with E-state index in [0.29, 0.717) is 23.1 Å². The van der Waals surface area contributed by atoms with Crippen LogP contribution in [0.15, 0.2) is 41.0 Å². The van der Waals surface area contributed by atoms with Gasteiger partial charge in [-0.05, 0) is 65.7 Å². The lowest BCUT2D eigenvalue weighted by Crippen LogP contribution is -2.35. The minimum Gasteiger partial charge on any atom is -0.484 e. The van der Waals surface area contributed by atoms with Gasteiger partial charge in [0.05, 0.1) is 0 Å². The Kier molecular flexibility index (Phi) is 5.80. The highest BCUT2D eigenvalue weighted by Gasteiger charge is 2.15. The third-order valence-electron chi connectivity index (χ3n) is 3.10. The number of aromatic nitrogens is 1. The van der Waals surface area contributed by atoms with Crippen LogP contribution in [0.4, 0.5) is 5.82 Å². The first-order chi connectivity index (χ1) is 10.5. The zero-order valence-corrected chi connectivity index (χ0v) is 14.7. The summed E-state index contributed by atoms with van der Waals surface area (Å²) in [5.74, 6) is 1.08. The topological polar surface area (TPSA) is 42.4 Å². The molecule has 0 aliphatic rings. The summed E-state index contributed by atoms with van der Waals surface area (Å²) in [5.41, 5.74) is 0.911. The SMILES string of the molecule is CCN(C(=O)COc1ccc(Cl)c(C)c1)c1ccc(Br)cn1. The molecular weight excluding hydrogens is 368 g/mol. The van der Waals surface area contributed by atoms with E-state index in [0.717, 1.165) is 10.0 Å². The molecule has 4 nitrogen and oxygen atoms in total. The summed E-state index contributed by atoms with van der Waals surface area (Å²) in [7, 11) is 0. The van der Waals surface area contributed by atoms with Crippen LogP contribution in [0.25, 0.3) is 0 Å². The van der Waals surface area contributed by atoms with Crippen molar-refractivity contribution in [2.24, 2.45) is 0 Å². The molecule has 0 fully saturated rings. The van der Waals surface area contributed by atoms with Gasteiger partial charge in [0, 0.05) is 22.2 Å². The van der Waals surface area contributed by atoms with Gasteiger partial charge >= 0.3 is 0 Å². The fourth-order valence-electron chi connectivity index (χ4n) is 1.92. The van der Waals surface area contributed by atoms with E-state index in [1.165, 1.54) is 0 Å². The summed E-state index contributed by atoms with van der Waals surface area (Å²) in [6, 6.07) is 8.95. The molecule has 0 spiro atoms. The predicted octanol–water partition coefficient (Wildman–Crippen LogP) is 4.24. The summed E-state index contributed by atoms with van der Waals surface area (Å²) in [5, 5.41) is 0.674. The van der Waals surface area contributed by atoms with E-state index < -0.39 is 0 Å². The molecule has 1 aromatic heterocycles. The van der Waals surface area contributed by atoms with Crippen molar-refractivity contribution in [3.63, 3.8) is 0 Å². The highest BCUT2D eigenvalue weighted by molar-refractivity contribution is 9.10. The molecule has 1 heterocycles. The van der Waals surface area contributed by atoms with Gasteiger partial charge in [0.2, 0.25) is 0 Å². The van der Waals surface area contributed by atoms with Gasteiger partial charge in [0.1, 0.15) is 11.6 Å². The number of carbonyl (C=O) groups excluding carboxylic acids is 1. The smallest absolute Gasteiger partial charge is 0.266 e. The Balaban J connectivity index is 2.03. The monoisotopic (exact) mass is 382 g/mol. The lowest BCUT2D eigenvalue weighted by molar-refractivity contribution is -0.120. The quantitative estimate of drug-likeness (QED) is 0.775. The van der Waals surface area contributed by atoms with Gasteiger partial charge in [-0.25, -0.2) is 4.98 Å². The number of halogens is 2. The normalized spacial score (nSPS) is 10.4. The second kappa shape index (κ2) is 7.61. The van der Waals surface area contributed by atoms with Crippen molar-refractivity contribution in [2.45, 2.75) is 13.8 Å². The highest BCUT2D eigenvalue weighted by atomic mass is 79.9. The average Bonchev–Trinajstić information content (AvgIpc) is 2.51. The van der Waals surface area contributed by atoms with Gasteiger partial charge in [-0.15, -0.1) is 0 Å². The fraction of sp³-hybridized carbons (Fsp3) is 0.250. The summed E-state index contributed by atoms with van der Waals surface area (Å²) >= 11 is 9.29. The van der Waals surface area contributed by atoms with Crippen LogP contribution >= 0.6 is 27.5 Å². The zero-order chi connectivity index (χ0) is 16.1. The Labute approximate surface area is 143 Å². The number of amides is 1. The van der Waals surface area contributed by atoms with Crippen LogP contribution in [0.1, 0.15) is 12.5 Å². The number of rotatable bonds is 5. The van der Waals surface area contributed by atoms with Crippen molar-refractivity contribution in [2.75, 3.05) is 18.1 Å². The molecule has 1 amide bonds. The van der Waals surface area contributed by atoms with E-state index >= 15 is 0 Å². The second-order valence-corrected chi connectivity index (χ2v) is 6.00. The van der Waals surface area contributed by atoms with Gasteiger partial charge < -0.3 is 4.74 Å². The number of pyridine rings is 1. The predicted molar refractivity (Wildman–Crippen MR) is 91.6 cm³/mol. The number of ether oxygens (including phenoxy) is 1.